The largest absolute Gasteiger partial charge is 0.241 e. The molecule has 1 aliphatic carbocycles. The van der Waals surface area contributed by atoms with E-state index in [0.717, 1.165) is 16.1 Å². The predicted molar refractivity (Wildman–Crippen MR) is 88.4 cm³/mol. The fourth-order valence-electron chi connectivity index (χ4n) is 3.47. The Balaban J connectivity index is 1.60. The Morgan fingerprint density at radius 1 is 1.19 bits per heavy atom. The molecule has 0 saturated heterocycles. The number of aromatic nitrogens is 1. The maximum Gasteiger partial charge on any atom is 0.124 e. The van der Waals surface area contributed by atoms with Gasteiger partial charge < -0.3 is 0 Å². The van der Waals surface area contributed by atoms with Crippen LogP contribution in [0.5, 0.6) is 0 Å². The summed E-state index contributed by atoms with van der Waals surface area (Å²) in [6, 6.07) is 4.93. The van der Waals surface area contributed by atoms with Crippen LogP contribution in [0.25, 0.3) is 10.2 Å². The number of benzene rings is 1. The maximum atomic E-state index is 13.3. The number of halogens is 1. The van der Waals surface area contributed by atoms with E-state index < -0.39 is 0 Å². The van der Waals surface area contributed by atoms with Gasteiger partial charge in [0.2, 0.25) is 0 Å². The molecule has 21 heavy (non-hydrogen) atoms. The third-order valence-corrected chi connectivity index (χ3v) is 5.96. The lowest BCUT2D eigenvalue weighted by Gasteiger charge is -2.27. The SMILES string of the molecule is CCCCCC1CCC(c2nc3ccc(F)cc3s2)CC1. The monoisotopic (exact) mass is 305 g/mol. The van der Waals surface area contributed by atoms with Crippen LogP contribution >= 0.6 is 11.3 Å². The zero-order valence-electron chi connectivity index (χ0n) is 12.8. The van der Waals surface area contributed by atoms with E-state index in [1.165, 1.54) is 62.4 Å². The third-order valence-electron chi connectivity index (χ3n) is 4.78. The van der Waals surface area contributed by atoms with Crippen molar-refractivity contribution in [3.8, 4) is 0 Å². The highest BCUT2D eigenvalue weighted by molar-refractivity contribution is 7.18. The van der Waals surface area contributed by atoms with E-state index in [9.17, 15) is 4.39 Å². The highest BCUT2D eigenvalue weighted by Crippen LogP contribution is 2.40. The molecule has 0 spiro atoms. The predicted octanol–water partition coefficient (Wildman–Crippen LogP) is 6.29. The summed E-state index contributed by atoms with van der Waals surface area (Å²) >= 11 is 1.69. The molecule has 0 radical (unpaired) electrons. The molecule has 1 aliphatic rings. The topological polar surface area (TPSA) is 12.9 Å². The molecule has 0 unspecified atom stereocenters. The molecule has 1 fully saturated rings. The van der Waals surface area contributed by atoms with Gasteiger partial charge in [0, 0.05) is 5.92 Å². The summed E-state index contributed by atoms with van der Waals surface area (Å²) in [7, 11) is 0. The van der Waals surface area contributed by atoms with Crippen molar-refractivity contribution in [2.75, 3.05) is 0 Å². The van der Waals surface area contributed by atoms with Crippen molar-refractivity contribution in [1.29, 1.82) is 0 Å². The van der Waals surface area contributed by atoms with Crippen molar-refractivity contribution >= 4 is 21.6 Å². The summed E-state index contributed by atoms with van der Waals surface area (Å²) in [6.45, 7) is 2.27. The first-order valence-corrected chi connectivity index (χ1v) is 9.14. The lowest BCUT2D eigenvalue weighted by Crippen LogP contribution is -2.13. The van der Waals surface area contributed by atoms with Crippen molar-refractivity contribution in [2.45, 2.75) is 64.2 Å². The summed E-state index contributed by atoms with van der Waals surface area (Å²) < 4.78 is 14.3. The summed E-state index contributed by atoms with van der Waals surface area (Å²) in [6.07, 6.45) is 10.7. The Hall–Kier alpha value is -0.960. The van der Waals surface area contributed by atoms with E-state index in [2.05, 4.69) is 6.92 Å². The van der Waals surface area contributed by atoms with Crippen LogP contribution in [0.3, 0.4) is 0 Å². The van der Waals surface area contributed by atoms with E-state index in [1.807, 2.05) is 0 Å². The third kappa shape index (κ3) is 3.63. The molecule has 0 amide bonds. The second-order valence-corrected chi connectivity index (χ2v) is 7.44. The van der Waals surface area contributed by atoms with Crippen LogP contribution in [-0.4, -0.2) is 4.98 Å². The first-order chi connectivity index (χ1) is 10.3. The van der Waals surface area contributed by atoms with Crippen LogP contribution in [-0.2, 0) is 0 Å². The summed E-state index contributed by atoms with van der Waals surface area (Å²) in [5, 5.41) is 1.22. The minimum absolute atomic E-state index is 0.155. The molecule has 0 atom stereocenters. The van der Waals surface area contributed by atoms with Gasteiger partial charge in [-0.3, -0.25) is 0 Å². The van der Waals surface area contributed by atoms with Gasteiger partial charge in [0.05, 0.1) is 15.2 Å². The van der Waals surface area contributed by atoms with Gasteiger partial charge in [-0.15, -0.1) is 11.3 Å². The van der Waals surface area contributed by atoms with Crippen LogP contribution in [0, 0.1) is 11.7 Å². The maximum absolute atomic E-state index is 13.3. The van der Waals surface area contributed by atoms with Gasteiger partial charge in [0.1, 0.15) is 5.82 Å². The Kier molecular flexibility index (Phi) is 4.89. The van der Waals surface area contributed by atoms with Crippen LogP contribution in [0.2, 0.25) is 0 Å². The zero-order chi connectivity index (χ0) is 14.7. The van der Waals surface area contributed by atoms with Crippen molar-refractivity contribution in [2.24, 2.45) is 5.92 Å². The fourth-order valence-corrected chi connectivity index (χ4v) is 4.63. The molecule has 1 aromatic heterocycles. The van der Waals surface area contributed by atoms with Gasteiger partial charge in [-0.25, -0.2) is 9.37 Å². The molecule has 1 saturated carbocycles. The van der Waals surface area contributed by atoms with Gasteiger partial charge in [-0.2, -0.15) is 0 Å². The standard InChI is InChI=1S/C18H24FNS/c1-2-3-4-5-13-6-8-14(9-7-13)18-20-16-11-10-15(19)12-17(16)21-18/h10-14H,2-9H2,1H3. The van der Waals surface area contributed by atoms with Crippen LogP contribution in [0.1, 0.15) is 69.2 Å². The Labute approximate surface area is 130 Å². The van der Waals surface area contributed by atoms with Gasteiger partial charge >= 0.3 is 0 Å². The summed E-state index contributed by atoms with van der Waals surface area (Å²) in [4.78, 5) is 4.73. The molecular weight excluding hydrogens is 281 g/mol. The van der Waals surface area contributed by atoms with Crippen LogP contribution in [0.4, 0.5) is 4.39 Å². The molecule has 1 heterocycles. The van der Waals surface area contributed by atoms with E-state index in [1.54, 1.807) is 23.5 Å². The highest BCUT2D eigenvalue weighted by atomic mass is 32.1. The molecule has 0 bridgehead atoms. The molecule has 1 nitrogen and oxygen atoms in total. The number of rotatable bonds is 5. The smallest absolute Gasteiger partial charge is 0.124 e. The van der Waals surface area contributed by atoms with Gasteiger partial charge in [0.15, 0.2) is 0 Å². The first-order valence-electron chi connectivity index (χ1n) is 8.32. The van der Waals surface area contributed by atoms with E-state index >= 15 is 0 Å². The Morgan fingerprint density at radius 3 is 2.76 bits per heavy atom. The number of fused-ring (bicyclic) bond motifs is 1. The zero-order valence-corrected chi connectivity index (χ0v) is 13.6. The normalized spacial score (nSPS) is 22.8. The van der Waals surface area contributed by atoms with Crippen molar-refractivity contribution in [3.63, 3.8) is 0 Å². The minimum Gasteiger partial charge on any atom is -0.241 e. The molecule has 3 rings (SSSR count). The molecule has 0 aliphatic heterocycles. The number of unbranched alkanes of at least 4 members (excludes halogenated alkanes) is 2. The fraction of sp³-hybridized carbons (Fsp3) is 0.611. The number of hydrogen-bond acceptors (Lipinski definition) is 2. The second kappa shape index (κ2) is 6.87. The average molecular weight is 305 g/mol. The lowest BCUT2D eigenvalue weighted by molar-refractivity contribution is 0.302. The van der Waals surface area contributed by atoms with Crippen LogP contribution in [0.15, 0.2) is 18.2 Å². The second-order valence-electron chi connectivity index (χ2n) is 6.38. The number of thiazole rings is 1. The Morgan fingerprint density at radius 2 is 2.00 bits per heavy atom. The lowest BCUT2D eigenvalue weighted by atomic mass is 9.80. The molecular formula is C18H24FNS. The highest BCUT2D eigenvalue weighted by Gasteiger charge is 2.24. The summed E-state index contributed by atoms with van der Waals surface area (Å²) in [5.41, 5.74) is 0.960. The van der Waals surface area contributed by atoms with E-state index in [4.69, 9.17) is 4.98 Å². The van der Waals surface area contributed by atoms with Gasteiger partial charge in [-0.05, 0) is 49.8 Å². The van der Waals surface area contributed by atoms with Crippen molar-refractivity contribution in [3.05, 3.63) is 29.0 Å². The van der Waals surface area contributed by atoms with E-state index in [-0.39, 0.29) is 5.82 Å². The van der Waals surface area contributed by atoms with Gasteiger partial charge in [-0.1, -0.05) is 32.6 Å². The quantitative estimate of drug-likeness (QED) is 0.591. The van der Waals surface area contributed by atoms with Gasteiger partial charge in [0.25, 0.3) is 0 Å². The van der Waals surface area contributed by atoms with Crippen LogP contribution < -0.4 is 0 Å². The molecule has 1 aromatic carbocycles. The summed E-state index contributed by atoms with van der Waals surface area (Å²) in [5.74, 6) is 1.38. The van der Waals surface area contributed by atoms with Crippen molar-refractivity contribution in [1.82, 2.24) is 4.98 Å². The molecule has 0 N–H and O–H groups in total. The molecule has 3 heteroatoms. The minimum atomic E-state index is -0.155. The van der Waals surface area contributed by atoms with Crippen molar-refractivity contribution < 1.29 is 4.39 Å². The molecule has 2 aromatic rings. The van der Waals surface area contributed by atoms with E-state index in [0.29, 0.717) is 5.92 Å². The first kappa shape index (κ1) is 15.0. The Bertz CT molecular complexity index is 584. The molecule has 114 valence electrons. The number of hydrogen-bond donors (Lipinski definition) is 0. The average Bonchev–Trinajstić information content (AvgIpc) is 2.91. The number of nitrogens with zero attached hydrogens (tertiary/aromatic N) is 1.